The maximum absolute atomic E-state index is 9.41. The highest BCUT2D eigenvalue weighted by Gasteiger charge is 2.34. The summed E-state index contributed by atoms with van der Waals surface area (Å²) in [5.41, 5.74) is 3.76. The maximum Gasteiger partial charge on any atom is 0.102 e. The predicted octanol–water partition coefficient (Wildman–Crippen LogP) is 1.77. The van der Waals surface area contributed by atoms with Crippen LogP contribution in [0.15, 0.2) is 47.2 Å². The summed E-state index contributed by atoms with van der Waals surface area (Å²) in [6.07, 6.45) is 16.0. The third-order valence-corrected chi connectivity index (χ3v) is 5.70. The fourth-order valence-corrected chi connectivity index (χ4v) is 4.35. The maximum atomic E-state index is 9.41. The van der Waals surface area contributed by atoms with Crippen LogP contribution in [0.1, 0.15) is 25.7 Å². The molecule has 2 fully saturated rings. The molecule has 4 aliphatic rings. The van der Waals surface area contributed by atoms with E-state index in [9.17, 15) is 5.11 Å². The van der Waals surface area contributed by atoms with Gasteiger partial charge in [-0.15, -0.1) is 0 Å². The van der Waals surface area contributed by atoms with Gasteiger partial charge in [-0.2, -0.15) is 0 Å². The number of fused-ring (bicyclic) bond motifs is 1. The van der Waals surface area contributed by atoms with Crippen LogP contribution in [0, 0.1) is 0 Å². The quantitative estimate of drug-likeness (QED) is 0.815. The minimum absolute atomic E-state index is 0.125. The SMILES string of the molecule is OCC1=CCC2=C(C=CNC2N2CCN3CCCCC3C2)C=C1. The molecule has 3 aliphatic heterocycles. The van der Waals surface area contributed by atoms with Gasteiger partial charge in [-0.3, -0.25) is 9.80 Å². The molecule has 2 atom stereocenters. The van der Waals surface area contributed by atoms with Gasteiger partial charge in [0, 0.05) is 25.7 Å². The second-order valence-corrected chi connectivity index (χ2v) is 7.04. The van der Waals surface area contributed by atoms with Crippen LogP contribution in [0.5, 0.6) is 0 Å². The summed E-state index contributed by atoms with van der Waals surface area (Å²) >= 11 is 0. The molecule has 4 nitrogen and oxygen atoms in total. The lowest BCUT2D eigenvalue weighted by Gasteiger charge is -2.47. The Bertz CT molecular complexity index is 575. The van der Waals surface area contributed by atoms with E-state index >= 15 is 0 Å². The third kappa shape index (κ3) is 3.03. The topological polar surface area (TPSA) is 38.7 Å². The minimum atomic E-state index is 0.125. The molecule has 3 heterocycles. The van der Waals surface area contributed by atoms with Crippen molar-refractivity contribution < 1.29 is 5.11 Å². The largest absolute Gasteiger partial charge is 0.392 e. The number of aliphatic hydroxyl groups excluding tert-OH is 1. The Kier molecular flexibility index (Phi) is 4.38. The smallest absolute Gasteiger partial charge is 0.102 e. The van der Waals surface area contributed by atoms with E-state index in [1.165, 1.54) is 50.0 Å². The average molecular weight is 313 g/mol. The minimum Gasteiger partial charge on any atom is -0.392 e. The highest BCUT2D eigenvalue weighted by molar-refractivity contribution is 5.46. The molecule has 1 aliphatic carbocycles. The van der Waals surface area contributed by atoms with Gasteiger partial charge in [0.15, 0.2) is 0 Å². The van der Waals surface area contributed by atoms with E-state index in [2.05, 4.69) is 39.5 Å². The van der Waals surface area contributed by atoms with Gasteiger partial charge in [0.2, 0.25) is 0 Å². The normalized spacial score (nSPS) is 32.0. The molecule has 0 spiro atoms. The number of nitrogens with one attached hydrogen (secondary N) is 1. The summed E-state index contributed by atoms with van der Waals surface area (Å²) in [7, 11) is 0. The lowest BCUT2D eigenvalue weighted by molar-refractivity contribution is 0.0297. The van der Waals surface area contributed by atoms with Crippen LogP contribution in [0.3, 0.4) is 0 Å². The van der Waals surface area contributed by atoms with Crippen molar-refractivity contribution in [1.82, 2.24) is 15.1 Å². The van der Waals surface area contributed by atoms with E-state index < -0.39 is 0 Å². The van der Waals surface area contributed by atoms with Crippen molar-refractivity contribution in [2.24, 2.45) is 0 Å². The number of dihydropyridines is 1. The van der Waals surface area contributed by atoms with Crippen LogP contribution < -0.4 is 5.32 Å². The van der Waals surface area contributed by atoms with Gasteiger partial charge in [0.1, 0.15) is 6.17 Å². The van der Waals surface area contributed by atoms with Crippen LogP contribution in [-0.4, -0.2) is 59.9 Å². The summed E-state index contributed by atoms with van der Waals surface area (Å²) in [4.78, 5) is 5.31. The van der Waals surface area contributed by atoms with Crippen molar-refractivity contribution in [1.29, 1.82) is 0 Å². The average Bonchev–Trinajstić information content (AvgIpc) is 2.83. The van der Waals surface area contributed by atoms with E-state index in [1.54, 1.807) is 0 Å². The number of aliphatic hydroxyl groups is 1. The monoisotopic (exact) mass is 313 g/mol. The zero-order chi connectivity index (χ0) is 15.6. The molecule has 0 amide bonds. The molecule has 23 heavy (non-hydrogen) atoms. The van der Waals surface area contributed by atoms with Gasteiger partial charge < -0.3 is 10.4 Å². The molecule has 0 aromatic rings. The molecular formula is C19H27N3O. The van der Waals surface area contributed by atoms with Gasteiger partial charge >= 0.3 is 0 Å². The van der Waals surface area contributed by atoms with Crippen molar-refractivity contribution in [2.75, 3.05) is 32.8 Å². The van der Waals surface area contributed by atoms with Gasteiger partial charge in [-0.25, -0.2) is 0 Å². The Morgan fingerprint density at radius 3 is 2.91 bits per heavy atom. The van der Waals surface area contributed by atoms with Crippen LogP contribution in [0.2, 0.25) is 0 Å². The van der Waals surface area contributed by atoms with Gasteiger partial charge in [-0.1, -0.05) is 24.6 Å². The lowest BCUT2D eigenvalue weighted by atomic mass is 9.95. The lowest BCUT2D eigenvalue weighted by Crippen LogP contribution is -2.60. The highest BCUT2D eigenvalue weighted by atomic mass is 16.3. The molecule has 0 aromatic heterocycles. The summed E-state index contributed by atoms with van der Waals surface area (Å²) < 4.78 is 0. The van der Waals surface area contributed by atoms with Gasteiger partial charge in [0.25, 0.3) is 0 Å². The van der Waals surface area contributed by atoms with Crippen molar-refractivity contribution >= 4 is 0 Å². The summed E-state index contributed by atoms with van der Waals surface area (Å²) in [5, 5.41) is 13.0. The molecule has 0 bridgehead atoms. The molecule has 2 N–H and O–H groups in total. The highest BCUT2D eigenvalue weighted by Crippen LogP contribution is 2.29. The predicted molar refractivity (Wildman–Crippen MR) is 92.8 cm³/mol. The van der Waals surface area contributed by atoms with Crippen molar-refractivity contribution in [3.8, 4) is 0 Å². The Morgan fingerprint density at radius 1 is 1.09 bits per heavy atom. The van der Waals surface area contributed by atoms with Gasteiger partial charge in [-0.05, 0) is 54.8 Å². The Hall–Kier alpha value is -1.36. The van der Waals surface area contributed by atoms with E-state index in [1.807, 2.05) is 6.08 Å². The van der Waals surface area contributed by atoms with Crippen LogP contribution in [-0.2, 0) is 0 Å². The fourth-order valence-electron chi connectivity index (χ4n) is 4.35. The van der Waals surface area contributed by atoms with Crippen molar-refractivity contribution in [3.05, 3.63) is 47.2 Å². The Balaban J connectivity index is 1.53. The second kappa shape index (κ2) is 6.63. The molecule has 0 aromatic carbocycles. The first-order valence-electron chi connectivity index (χ1n) is 8.97. The fraction of sp³-hybridized carbons (Fsp3) is 0.579. The molecule has 0 radical (unpaired) electrons. The first kappa shape index (κ1) is 15.2. The van der Waals surface area contributed by atoms with Crippen molar-refractivity contribution in [2.45, 2.75) is 37.9 Å². The first-order chi connectivity index (χ1) is 11.3. The zero-order valence-electron chi connectivity index (χ0n) is 13.7. The number of rotatable bonds is 2. The summed E-state index contributed by atoms with van der Waals surface area (Å²) in [5.74, 6) is 0. The standard InChI is InChI=1S/C19H27N3O/c23-14-15-4-6-16-8-9-20-19(18(16)7-5-15)22-12-11-21-10-2-1-3-17(21)13-22/h4-6,8-9,17,19-20,23H,1-3,7,10-14H2. The molecule has 2 saturated heterocycles. The summed E-state index contributed by atoms with van der Waals surface area (Å²) in [6.45, 7) is 4.92. The molecule has 2 unspecified atom stereocenters. The van der Waals surface area contributed by atoms with Crippen LogP contribution >= 0.6 is 0 Å². The first-order valence-corrected chi connectivity index (χ1v) is 8.97. The van der Waals surface area contributed by atoms with Crippen LogP contribution in [0.25, 0.3) is 0 Å². The molecule has 4 heteroatoms. The van der Waals surface area contributed by atoms with E-state index in [0.29, 0.717) is 6.17 Å². The number of piperazine rings is 1. The van der Waals surface area contributed by atoms with E-state index in [0.717, 1.165) is 24.6 Å². The number of hydrogen-bond donors (Lipinski definition) is 2. The molecule has 0 saturated carbocycles. The third-order valence-electron chi connectivity index (χ3n) is 5.70. The molecule has 4 rings (SSSR count). The second-order valence-electron chi connectivity index (χ2n) is 7.04. The summed E-state index contributed by atoms with van der Waals surface area (Å²) in [6, 6.07) is 0.735. The van der Waals surface area contributed by atoms with Crippen molar-refractivity contribution in [3.63, 3.8) is 0 Å². The molecular weight excluding hydrogens is 286 g/mol. The number of hydrogen-bond acceptors (Lipinski definition) is 4. The number of piperidine rings is 1. The zero-order valence-corrected chi connectivity index (χ0v) is 13.7. The number of allylic oxidation sites excluding steroid dienone is 4. The van der Waals surface area contributed by atoms with E-state index in [-0.39, 0.29) is 6.61 Å². The molecule has 124 valence electrons. The Morgan fingerprint density at radius 2 is 2.00 bits per heavy atom. The van der Waals surface area contributed by atoms with E-state index in [4.69, 9.17) is 0 Å². The number of nitrogens with zero attached hydrogens (tertiary/aromatic N) is 2. The van der Waals surface area contributed by atoms with Gasteiger partial charge in [0.05, 0.1) is 6.61 Å². The van der Waals surface area contributed by atoms with Crippen LogP contribution in [0.4, 0.5) is 0 Å². The Labute approximate surface area is 138 Å².